The molecule has 2 aromatic rings. The highest BCUT2D eigenvalue weighted by atomic mass is 19.4. The minimum Gasteiger partial charge on any atom is -0.493 e. The zero-order valence-corrected chi connectivity index (χ0v) is 14.9. The number of nitrogens with one attached hydrogen (secondary N) is 1. The van der Waals surface area contributed by atoms with Gasteiger partial charge in [0.05, 0.1) is 17.9 Å². The van der Waals surface area contributed by atoms with Gasteiger partial charge >= 0.3 is 6.18 Å². The van der Waals surface area contributed by atoms with Gasteiger partial charge in [-0.2, -0.15) is 18.3 Å². The van der Waals surface area contributed by atoms with E-state index in [9.17, 15) is 13.2 Å². The largest absolute Gasteiger partial charge is 0.493 e. The normalized spacial score (nSPS) is 18.4. The van der Waals surface area contributed by atoms with Gasteiger partial charge in [-0.25, -0.2) is 0 Å². The van der Waals surface area contributed by atoms with Gasteiger partial charge in [0.1, 0.15) is 5.75 Å². The van der Waals surface area contributed by atoms with Crippen molar-refractivity contribution in [2.75, 3.05) is 26.2 Å². The number of halogens is 3. The van der Waals surface area contributed by atoms with Gasteiger partial charge in [0.2, 0.25) is 0 Å². The summed E-state index contributed by atoms with van der Waals surface area (Å²) < 4.78 is 43.1. The summed E-state index contributed by atoms with van der Waals surface area (Å²) in [6.07, 6.45) is -1.39. The molecule has 1 aromatic heterocycles. The SMILES string of the molecule is CCCN1CC[C@H](c2cc(CCOc3ccc(C(F)(F)F)cc3)[nH]n2)C1. The van der Waals surface area contributed by atoms with Crippen LogP contribution < -0.4 is 4.74 Å². The standard InChI is InChI=1S/C19H24F3N3O/c1-2-9-25-10-7-14(13-25)18-12-16(23-24-18)8-11-26-17-5-3-15(4-6-17)19(20,21)22/h3-6,12,14H,2,7-11,13H2,1H3,(H,23,24)/t14-/m0/s1. The van der Waals surface area contributed by atoms with Gasteiger partial charge in [0.15, 0.2) is 0 Å². The quantitative estimate of drug-likeness (QED) is 0.795. The molecule has 3 rings (SSSR count). The van der Waals surface area contributed by atoms with E-state index in [1.165, 1.54) is 18.6 Å². The summed E-state index contributed by atoms with van der Waals surface area (Å²) in [5.74, 6) is 0.908. The molecule has 1 atom stereocenters. The maximum absolute atomic E-state index is 12.5. The van der Waals surface area contributed by atoms with E-state index in [-0.39, 0.29) is 0 Å². The van der Waals surface area contributed by atoms with Crippen LogP contribution in [0.15, 0.2) is 30.3 Å². The lowest BCUT2D eigenvalue weighted by atomic mass is 10.0. The molecule has 0 spiro atoms. The van der Waals surface area contributed by atoms with E-state index in [0.29, 0.717) is 24.7 Å². The first-order chi connectivity index (χ1) is 12.5. The molecular weight excluding hydrogens is 343 g/mol. The highest BCUT2D eigenvalue weighted by Gasteiger charge is 2.30. The Kier molecular flexibility index (Phi) is 5.86. The lowest BCUT2D eigenvalue weighted by Gasteiger charge is -2.13. The first-order valence-electron chi connectivity index (χ1n) is 9.02. The summed E-state index contributed by atoms with van der Waals surface area (Å²) in [7, 11) is 0. The number of alkyl halides is 3. The Morgan fingerprint density at radius 3 is 2.73 bits per heavy atom. The number of rotatable bonds is 7. The smallest absolute Gasteiger partial charge is 0.416 e. The van der Waals surface area contributed by atoms with Gasteiger partial charge in [-0.1, -0.05) is 6.92 Å². The second-order valence-electron chi connectivity index (χ2n) is 6.72. The van der Waals surface area contributed by atoms with Gasteiger partial charge in [-0.05, 0) is 56.3 Å². The molecule has 142 valence electrons. The number of likely N-dealkylation sites (tertiary alicyclic amines) is 1. The van der Waals surface area contributed by atoms with E-state index in [1.807, 2.05) is 0 Å². The Labute approximate surface area is 151 Å². The van der Waals surface area contributed by atoms with E-state index < -0.39 is 11.7 Å². The van der Waals surface area contributed by atoms with Gasteiger partial charge in [0.25, 0.3) is 0 Å². The Morgan fingerprint density at radius 2 is 2.04 bits per heavy atom. The van der Waals surface area contributed by atoms with Gasteiger partial charge in [-0.3, -0.25) is 5.10 Å². The number of hydrogen-bond acceptors (Lipinski definition) is 3. The zero-order chi connectivity index (χ0) is 18.6. The zero-order valence-electron chi connectivity index (χ0n) is 14.9. The minimum absolute atomic E-state index is 0.389. The Balaban J connectivity index is 1.47. The number of aromatic amines is 1. The average molecular weight is 367 g/mol. The van der Waals surface area contributed by atoms with Crippen molar-refractivity contribution in [1.82, 2.24) is 15.1 Å². The topological polar surface area (TPSA) is 41.1 Å². The molecule has 1 fully saturated rings. The first kappa shape index (κ1) is 18.8. The fraction of sp³-hybridized carbons (Fsp3) is 0.526. The lowest BCUT2D eigenvalue weighted by molar-refractivity contribution is -0.137. The maximum atomic E-state index is 12.5. The third kappa shape index (κ3) is 4.78. The van der Waals surface area contributed by atoms with Crippen molar-refractivity contribution in [3.8, 4) is 5.75 Å². The van der Waals surface area contributed by atoms with Crippen molar-refractivity contribution < 1.29 is 17.9 Å². The molecule has 1 saturated heterocycles. The van der Waals surface area contributed by atoms with Crippen LogP contribution in [-0.4, -0.2) is 41.3 Å². The highest BCUT2D eigenvalue weighted by molar-refractivity contribution is 5.28. The van der Waals surface area contributed by atoms with Crippen LogP contribution in [0.5, 0.6) is 5.75 Å². The molecule has 0 radical (unpaired) electrons. The monoisotopic (exact) mass is 367 g/mol. The van der Waals surface area contributed by atoms with Crippen molar-refractivity contribution in [3.05, 3.63) is 47.3 Å². The number of benzene rings is 1. The first-order valence-corrected chi connectivity index (χ1v) is 9.02. The molecule has 2 heterocycles. The number of aromatic nitrogens is 2. The molecule has 1 aliphatic heterocycles. The molecule has 0 unspecified atom stereocenters. The van der Waals surface area contributed by atoms with Crippen molar-refractivity contribution in [2.24, 2.45) is 0 Å². The van der Waals surface area contributed by atoms with Crippen LogP contribution in [0.25, 0.3) is 0 Å². The van der Waals surface area contributed by atoms with E-state index in [4.69, 9.17) is 4.74 Å². The molecule has 1 N–H and O–H groups in total. The van der Waals surface area contributed by atoms with Gasteiger partial charge < -0.3 is 9.64 Å². The van der Waals surface area contributed by atoms with Crippen LogP contribution in [0, 0.1) is 0 Å². The summed E-state index contributed by atoms with van der Waals surface area (Å²) in [6.45, 7) is 5.89. The van der Waals surface area contributed by atoms with Crippen molar-refractivity contribution in [2.45, 2.75) is 38.3 Å². The summed E-state index contributed by atoms with van der Waals surface area (Å²) in [5.41, 5.74) is 1.41. The van der Waals surface area contributed by atoms with Gasteiger partial charge in [0, 0.05) is 24.6 Å². The molecule has 0 saturated carbocycles. The number of ether oxygens (including phenoxy) is 1. The molecule has 0 aliphatic carbocycles. The Bertz CT molecular complexity index is 697. The molecule has 26 heavy (non-hydrogen) atoms. The fourth-order valence-electron chi connectivity index (χ4n) is 3.33. The third-order valence-corrected chi connectivity index (χ3v) is 4.70. The molecule has 0 amide bonds. The molecular formula is C19H24F3N3O. The fourth-order valence-corrected chi connectivity index (χ4v) is 3.33. The second kappa shape index (κ2) is 8.12. The van der Waals surface area contributed by atoms with Crippen molar-refractivity contribution in [3.63, 3.8) is 0 Å². The predicted molar refractivity (Wildman–Crippen MR) is 93.3 cm³/mol. The molecule has 1 aromatic carbocycles. The summed E-state index contributed by atoms with van der Waals surface area (Å²) in [4.78, 5) is 2.47. The van der Waals surface area contributed by atoms with Crippen LogP contribution >= 0.6 is 0 Å². The van der Waals surface area contributed by atoms with Crippen LogP contribution in [0.3, 0.4) is 0 Å². The molecule has 0 bridgehead atoms. The molecule has 1 aliphatic rings. The van der Waals surface area contributed by atoms with Crippen LogP contribution in [0.1, 0.15) is 42.6 Å². The summed E-state index contributed by atoms with van der Waals surface area (Å²) >= 11 is 0. The molecule has 4 nitrogen and oxygen atoms in total. The van der Waals surface area contributed by atoms with E-state index >= 15 is 0 Å². The van der Waals surface area contributed by atoms with Crippen molar-refractivity contribution in [1.29, 1.82) is 0 Å². The van der Waals surface area contributed by atoms with Crippen LogP contribution in [-0.2, 0) is 12.6 Å². The third-order valence-electron chi connectivity index (χ3n) is 4.70. The summed E-state index contributed by atoms with van der Waals surface area (Å²) in [5, 5.41) is 7.47. The lowest BCUT2D eigenvalue weighted by Crippen LogP contribution is -2.20. The highest BCUT2D eigenvalue weighted by Crippen LogP contribution is 2.30. The van der Waals surface area contributed by atoms with Crippen molar-refractivity contribution >= 4 is 0 Å². The summed E-state index contributed by atoms with van der Waals surface area (Å²) in [6, 6.07) is 6.85. The number of H-pyrrole nitrogens is 1. The van der Waals surface area contributed by atoms with Crippen LogP contribution in [0.2, 0.25) is 0 Å². The average Bonchev–Trinajstić information content (AvgIpc) is 3.24. The number of hydrogen-bond donors (Lipinski definition) is 1. The number of nitrogens with zero attached hydrogens (tertiary/aromatic N) is 2. The predicted octanol–water partition coefficient (Wildman–Crippen LogP) is 4.25. The van der Waals surface area contributed by atoms with E-state index in [1.54, 1.807) is 0 Å². The van der Waals surface area contributed by atoms with E-state index in [2.05, 4.69) is 28.1 Å². The Morgan fingerprint density at radius 1 is 1.27 bits per heavy atom. The minimum atomic E-state index is -4.32. The van der Waals surface area contributed by atoms with Gasteiger partial charge in [-0.15, -0.1) is 0 Å². The van der Waals surface area contributed by atoms with Crippen LogP contribution in [0.4, 0.5) is 13.2 Å². The van der Waals surface area contributed by atoms with E-state index in [0.717, 1.165) is 49.6 Å². The Hall–Kier alpha value is -2.02. The second-order valence-corrected chi connectivity index (χ2v) is 6.72. The maximum Gasteiger partial charge on any atom is 0.416 e. The molecule has 7 heteroatoms.